The fourth-order valence-corrected chi connectivity index (χ4v) is 1.43. The minimum atomic E-state index is 0.461. The Morgan fingerprint density at radius 1 is 1.20 bits per heavy atom. The summed E-state index contributed by atoms with van der Waals surface area (Å²) in [6.07, 6.45) is 5.04. The quantitative estimate of drug-likeness (QED) is 0.542. The Bertz CT molecular complexity index is 81.3. The maximum atomic E-state index is 5.84. The van der Waals surface area contributed by atoms with Gasteiger partial charge in [-0.05, 0) is 39.4 Å². The topological polar surface area (TPSA) is 29.3 Å². The molecule has 1 fully saturated rings. The molecule has 1 rings (SSSR count). The zero-order valence-corrected chi connectivity index (χ0v) is 6.84. The monoisotopic (exact) mass is 142 g/mol. The second kappa shape index (κ2) is 3.94. The first-order valence-electron chi connectivity index (χ1n) is 4.23. The molecule has 0 amide bonds. The predicted octanol–water partition coefficient (Wildman–Crippen LogP) is 0.820. The maximum absolute atomic E-state index is 5.84. The Labute approximate surface area is 63.4 Å². The zero-order valence-electron chi connectivity index (χ0n) is 6.84. The lowest BCUT2D eigenvalue weighted by Gasteiger charge is -2.22. The third-order valence-corrected chi connectivity index (χ3v) is 2.25. The van der Waals surface area contributed by atoms with Gasteiger partial charge in [-0.15, -0.1) is 0 Å². The van der Waals surface area contributed by atoms with Crippen LogP contribution in [0.25, 0.3) is 0 Å². The van der Waals surface area contributed by atoms with E-state index in [-0.39, 0.29) is 0 Å². The molecule has 2 N–H and O–H groups in total. The average molecular weight is 142 g/mol. The van der Waals surface area contributed by atoms with Crippen LogP contribution in [0.5, 0.6) is 0 Å². The molecule has 1 aliphatic rings. The largest absolute Gasteiger partial charge is 0.328 e. The number of rotatable bonds is 0. The molecule has 1 saturated heterocycles. The van der Waals surface area contributed by atoms with E-state index in [1.165, 1.54) is 38.8 Å². The van der Waals surface area contributed by atoms with Gasteiger partial charge in [-0.3, -0.25) is 0 Å². The molecule has 1 aliphatic heterocycles. The molecule has 1 atom stereocenters. The SMILES string of the molecule is CN1CCCC[C@@H](N)CC1. The minimum Gasteiger partial charge on any atom is -0.328 e. The van der Waals surface area contributed by atoms with Crippen molar-refractivity contribution in [1.82, 2.24) is 4.90 Å². The molecule has 1 heterocycles. The first kappa shape index (κ1) is 8.02. The van der Waals surface area contributed by atoms with Crippen LogP contribution in [0, 0.1) is 0 Å². The summed E-state index contributed by atoms with van der Waals surface area (Å²) in [6, 6.07) is 0.461. The van der Waals surface area contributed by atoms with E-state index in [1.54, 1.807) is 0 Å². The van der Waals surface area contributed by atoms with Crippen molar-refractivity contribution in [3.8, 4) is 0 Å². The van der Waals surface area contributed by atoms with Gasteiger partial charge in [0, 0.05) is 6.04 Å². The van der Waals surface area contributed by atoms with Crippen LogP contribution in [0.3, 0.4) is 0 Å². The van der Waals surface area contributed by atoms with Crippen LogP contribution in [-0.4, -0.2) is 31.1 Å². The van der Waals surface area contributed by atoms with Crippen LogP contribution in [0.2, 0.25) is 0 Å². The first-order valence-corrected chi connectivity index (χ1v) is 4.23. The molecule has 0 bridgehead atoms. The maximum Gasteiger partial charge on any atom is 0.00510 e. The molecule has 2 heteroatoms. The number of hydrogen-bond acceptors (Lipinski definition) is 2. The molecular weight excluding hydrogens is 124 g/mol. The number of nitrogens with zero attached hydrogens (tertiary/aromatic N) is 1. The van der Waals surface area contributed by atoms with Gasteiger partial charge in [0.1, 0.15) is 0 Å². The van der Waals surface area contributed by atoms with Gasteiger partial charge in [0.05, 0.1) is 0 Å². The molecule has 0 aliphatic carbocycles. The Morgan fingerprint density at radius 2 is 2.00 bits per heavy atom. The Balaban J connectivity index is 2.23. The van der Waals surface area contributed by atoms with Crippen molar-refractivity contribution in [2.45, 2.75) is 31.7 Å². The number of hydrogen-bond donors (Lipinski definition) is 1. The van der Waals surface area contributed by atoms with Crippen LogP contribution >= 0.6 is 0 Å². The van der Waals surface area contributed by atoms with Crippen LogP contribution in [0.15, 0.2) is 0 Å². The molecule has 0 saturated carbocycles. The first-order chi connectivity index (χ1) is 4.79. The summed E-state index contributed by atoms with van der Waals surface area (Å²) in [4.78, 5) is 2.37. The minimum absolute atomic E-state index is 0.461. The highest BCUT2D eigenvalue weighted by atomic mass is 15.1. The van der Waals surface area contributed by atoms with Gasteiger partial charge < -0.3 is 10.6 Å². The standard InChI is InChI=1S/C8H18N2/c1-10-6-3-2-4-8(9)5-7-10/h8H,2-7,9H2,1H3/t8-/m1/s1. The van der Waals surface area contributed by atoms with Crippen molar-refractivity contribution in [3.63, 3.8) is 0 Å². The molecule has 10 heavy (non-hydrogen) atoms. The van der Waals surface area contributed by atoms with E-state index in [0.29, 0.717) is 6.04 Å². The molecule has 0 radical (unpaired) electrons. The molecule has 2 nitrogen and oxygen atoms in total. The van der Waals surface area contributed by atoms with E-state index in [4.69, 9.17) is 5.73 Å². The summed E-state index contributed by atoms with van der Waals surface area (Å²) in [5.74, 6) is 0. The lowest BCUT2D eigenvalue weighted by molar-refractivity contribution is 0.284. The molecule has 0 unspecified atom stereocenters. The highest BCUT2D eigenvalue weighted by Crippen LogP contribution is 2.07. The van der Waals surface area contributed by atoms with Gasteiger partial charge in [0.2, 0.25) is 0 Å². The lowest BCUT2D eigenvalue weighted by atomic mass is 10.0. The lowest BCUT2D eigenvalue weighted by Crippen LogP contribution is -2.31. The van der Waals surface area contributed by atoms with E-state index in [9.17, 15) is 0 Å². The fraction of sp³-hybridized carbons (Fsp3) is 1.00. The van der Waals surface area contributed by atoms with Gasteiger partial charge in [-0.25, -0.2) is 0 Å². The highest BCUT2D eigenvalue weighted by molar-refractivity contribution is 4.67. The Hall–Kier alpha value is -0.0800. The van der Waals surface area contributed by atoms with Crippen LogP contribution in [-0.2, 0) is 0 Å². The van der Waals surface area contributed by atoms with E-state index in [2.05, 4.69) is 11.9 Å². The van der Waals surface area contributed by atoms with Crippen LogP contribution in [0.4, 0.5) is 0 Å². The number of nitrogens with two attached hydrogens (primary N) is 1. The van der Waals surface area contributed by atoms with E-state index < -0.39 is 0 Å². The zero-order chi connectivity index (χ0) is 7.40. The summed E-state index contributed by atoms with van der Waals surface area (Å²) >= 11 is 0. The number of likely N-dealkylation sites (tertiary alicyclic amines) is 1. The van der Waals surface area contributed by atoms with Gasteiger partial charge in [-0.1, -0.05) is 6.42 Å². The van der Waals surface area contributed by atoms with E-state index in [0.717, 1.165) is 0 Å². The van der Waals surface area contributed by atoms with Crippen LogP contribution in [0.1, 0.15) is 25.7 Å². The second-order valence-corrected chi connectivity index (χ2v) is 3.35. The van der Waals surface area contributed by atoms with Crippen molar-refractivity contribution in [3.05, 3.63) is 0 Å². The summed E-state index contributed by atoms with van der Waals surface area (Å²) in [7, 11) is 2.18. The highest BCUT2D eigenvalue weighted by Gasteiger charge is 2.08. The average Bonchev–Trinajstić information content (AvgIpc) is 1.90. The molecule has 0 aromatic carbocycles. The molecular formula is C8H18N2. The summed E-state index contributed by atoms with van der Waals surface area (Å²) in [6.45, 7) is 2.44. The van der Waals surface area contributed by atoms with Crippen molar-refractivity contribution in [1.29, 1.82) is 0 Å². The molecule has 60 valence electrons. The van der Waals surface area contributed by atoms with Gasteiger partial charge in [-0.2, -0.15) is 0 Å². The molecule has 0 aromatic heterocycles. The van der Waals surface area contributed by atoms with Crippen LogP contribution < -0.4 is 5.73 Å². The summed E-state index contributed by atoms with van der Waals surface area (Å²) in [5.41, 5.74) is 5.84. The second-order valence-electron chi connectivity index (χ2n) is 3.35. The van der Waals surface area contributed by atoms with Crippen molar-refractivity contribution in [2.75, 3.05) is 20.1 Å². The molecule has 0 aromatic rings. The van der Waals surface area contributed by atoms with Gasteiger partial charge in [0.25, 0.3) is 0 Å². The van der Waals surface area contributed by atoms with Crippen molar-refractivity contribution < 1.29 is 0 Å². The normalized spacial score (nSPS) is 31.2. The molecule has 0 spiro atoms. The Kier molecular flexibility index (Phi) is 3.16. The smallest absolute Gasteiger partial charge is 0.00510 e. The summed E-state index contributed by atoms with van der Waals surface area (Å²) < 4.78 is 0. The fourth-order valence-electron chi connectivity index (χ4n) is 1.43. The predicted molar refractivity (Wildman–Crippen MR) is 43.9 cm³/mol. The van der Waals surface area contributed by atoms with Crippen molar-refractivity contribution >= 4 is 0 Å². The van der Waals surface area contributed by atoms with Gasteiger partial charge >= 0.3 is 0 Å². The van der Waals surface area contributed by atoms with Gasteiger partial charge in [0.15, 0.2) is 0 Å². The third-order valence-electron chi connectivity index (χ3n) is 2.25. The van der Waals surface area contributed by atoms with E-state index >= 15 is 0 Å². The third kappa shape index (κ3) is 2.67. The van der Waals surface area contributed by atoms with Crippen molar-refractivity contribution in [2.24, 2.45) is 5.73 Å². The Morgan fingerprint density at radius 3 is 2.80 bits per heavy atom. The summed E-state index contributed by atoms with van der Waals surface area (Å²) in [5, 5.41) is 0. The van der Waals surface area contributed by atoms with E-state index in [1.807, 2.05) is 0 Å².